The average Bonchev–Trinajstić information content (AvgIpc) is 2.27. The number of carbonyl (C=O) groups excluding carboxylic acids is 1. The van der Waals surface area contributed by atoms with Crippen molar-refractivity contribution in [2.24, 2.45) is 5.73 Å². The molecule has 1 unspecified atom stereocenters. The minimum atomic E-state index is -1.88. The van der Waals surface area contributed by atoms with E-state index in [4.69, 9.17) is 5.73 Å². The van der Waals surface area contributed by atoms with E-state index in [-0.39, 0.29) is 6.61 Å². The summed E-state index contributed by atoms with van der Waals surface area (Å²) in [5, 5.41) is 0. The molecule has 0 aliphatic rings. The van der Waals surface area contributed by atoms with Crippen molar-refractivity contribution in [3.05, 3.63) is 28.5 Å². The van der Waals surface area contributed by atoms with Crippen molar-refractivity contribution in [1.82, 2.24) is 4.98 Å². The standard InChI is InChI=1S/C10H12BrFN2O2/c1-2-16-10(15)8(12)9(13)6-3-7(11)5-14-4-6/h3-5,8-9H,2,13H2,1H3/t8?,9-/m1/s1. The Kier molecular flexibility index (Phi) is 4.82. The van der Waals surface area contributed by atoms with Crippen LogP contribution < -0.4 is 5.73 Å². The summed E-state index contributed by atoms with van der Waals surface area (Å²) in [4.78, 5) is 15.0. The van der Waals surface area contributed by atoms with E-state index >= 15 is 0 Å². The first-order chi connectivity index (χ1) is 7.56. The summed E-state index contributed by atoms with van der Waals surface area (Å²) in [6, 6.07) is 0.549. The van der Waals surface area contributed by atoms with Crippen LogP contribution in [0, 0.1) is 0 Å². The van der Waals surface area contributed by atoms with Crippen LogP contribution in [-0.2, 0) is 9.53 Å². The fourth-order valence-electron chi connectivity index (χ4n) is 1.15. The smallest absolute Gasteiger partial charge is 0.342 e. The number of pyridine rings is 1. The normalized spacial score (nSPS) is 14.2. The fraction of sp³-hybridized carbons (Fsp3) is 0.400. The average molecular weight is 291 g/mol. The second-order valence-corrected chi connectivity index (χ2v) is 4.03. The van der Waals surface area contributed by atoms with Crippen molar-refractivity contribution in [3.8, 4) is 0 Å². The van der Waals surface area contributed by atoms with E-state index in [1.807, 2.05) is 0 Å². The third-order valence-corrected chi connectivity index (χ3v) is 2.37. The molecule has 0 saturated carbocycles. The highest BCUT2D eigenvalue weighted by molar-refractivity contribution is 9.10. The molecule has 1 aromatic heterocycles. The minimum absolute atomic E-state index is 0.128. The summed E-state index contributed by atoms with van der Waals surface area (Å²) in [5.41, 5.74) is 6.04. The number of halogens is 2. The van der Waals surface area contributed by atoms with Crippen LogP contribution in [-0.4, -0.2) is 23.7 Å². The molecule has 1 rings (SSSR count). The van der Waals surface area contributed by atoms with Gasteiger partial charge in [0.25, 0.3) is 0 Å². The molecule has 0 aromatic carbocycles. The number of hydrogen-bond acceptors (Lipinski definition) is 4. The van der Waals surface area contributed by atoms with Gasteiger partial charge in [-0.15, -0.1) is 0 Å². The van der Waals surface area contributed by atoms with Crippen LogP contribution >= 0.6 is 15.9 Å². The summed E-state index contributed by atoms with van der Waals surface area (Å²) in [7, 11) is 0. The Hall–Kier alpha value is -1.01. The number of ether oxygens (including phenoxy) is 1. The van der Waals surface area contributed by atoms with E-state index in [2.05, 4.69) is 25.7 Å². The Bertz CT molecular complexity index is 376. The molecular weight excluding hydrogens is 279 g/mol. The van der Waals surface area contributed by atoms with Gasteiger partial charge in [-0.1, -0.05) is 0 Å². The quantitative estimate of drug-likeness (QED) is 0.858. The number of aromatic nitrogens is 1. The van der Waals surface area contributed by atoms with Crippen molar-refractivity contribution in [2.75, 3.05) is 6.61 Å². The Morgan fingerprint density at radius 2 is 2.38 bits per heavy atom. The molecule has 0 aliphatic heterocycles. The van der Waals surface area contributed by atoms with Gasteiger partial charge >= 0.3 is 5.97 Å². The largest absolute Gasteiger partial charge is 0.464 e. The zero-order valence-corrected chi connectivity index (χ0v) is 10.3. The molecule has 0 spiro atoms. The van der Waals surface area contributed by atoms with E-state index in [1.54, 1.807) is 19.2 Å². The lowest BCUT2D eigenvalue weighted by Gasteiger charge is -2.15. The lowest BCUT2D eigenvalue weighted by Crippen LogP contribution is -2.31. The third kappa shape index (κ3) is 3.24. The van der Waals surface area contributed by atoms with Gasteiger partial charge in [0.15, 0.2) is 0 Å². The molecular formula is C10H12BrFN2O2. The van der Waals surface area contributed by atoms with Gasteiger partial charge in [0.1, 0.15) is 0 Å². The van der Waals surface area contributed by atoms with Crippen molar-refractivity contribution in [2.45, 2.75) is 19.1 Å². The zero-order valence-electron chi connectivity index (χ0n) is 8.69. The summed E-state index contributed by atoms with van der Waals surface area (Å²) >= 11 is 3.19. The maximum Gasteiger partial charge on any atom is 0.342 e. The SMILES string of the molecule is CCOC(=O)C(F)[C@H](N)c1cncc(Br)c1. The van der Waals surface area contributed by atoms with Gasteiger partial charge in [-0.25, -0.2) is 9.18 Å². The third-order valence-electron chi connectivity index (χ3n) is 1.94. The Labute approximate surface area is 101 Å². The Morgan fingerprint density at radius 1 is 1.69 bits per heavy atom. The summed E-state index contributed by atoms with van der Waals surface area (Å²) in [6.45, 7) is 1.74. The second kappa shape index (κ2) is 5.91. The molecule has 88 valence electrons. The van der Waals surface area contributed by atoms with Crippen LogP contribution in [0.15, 0.2) is 22.9 Å². The van der Waals surface area contributed by atoms with E-state index in [9.17, 15) is 9.18 Å². The van der Waals surface area contributed by atoms with E-state index in [1.165, 1.54) is 6.20 Å². The maximum absolute atomic E-state index is 13.6. The first-order valence-corrected chi connectivity index (χ1v) is 5.52. The van der Waals surface area contributed by atoms with Gasteiger partial charge in [0, 0.05) is 16.9 Å². The monoisotopic (exact) mass is 290 g/mol. The van der Waals surface area contributed by atoms with E-state index < -0.39 is 18.2 Å². The van der Waals surface area contributed by atoms with Crippen LogP contribution in [0.1, 0.15) is 18.5 Å². The fourth-order valence-corrected chi connectivity index (χ4v) is 1.53. The van der Waals surface area contributed by atoms with Crippen molar-refractivity contribution < 1.29 is 13.9 Å². The Morgan fingerprint density at radius 3 is 2.94 bits per heavy atom. The Balaban J connectivity index is 2.77. The molecule has 2 N–H and O–H groups in total. The summed E-state index contributed by atoms with van der Waals surface area (Å²) in [6.07, 6.45) is 1.09. The highest BCUT2D eigenvalue weighted by Gasteiger charge is 2.27. The van der Waals surface area contributed by atoms with Crippen LogP contribution in [0.2, 0.25) is 0 Å². The molecule has 1 aromatic rings. The lowest BCUT2D eigenvalue weighted by molar-refractivity contribution is -0.149. The molecule has 0 bridgehead atoms. The molecule has 2 atom stereocenters. The number of nitrogens with zero attached hydrogens (tertiary/aromatic N) is 1. The first-order valence-electron chi connectivity index (χ1n) is 4.73. The summed E-state index contributed by atoms with van der Waals surface area (Å²) < 4.78 is 18.8. The number of nitrogens with two attached hydrogens (primary N) is 1. The summed E-state index contributed by atoms with van der Waals surface area (Å²) in [5.74, 6) is -0.949. The van der Waals surface area contributed by atoms with Crippen LogP contribution in [0.5, 0.6) is 0 Å². The molecule has 0 saturated heterocycles. The molecule has 0 radical (unpaired) electrons. The molecule has 0 fully saturated rings. The number of alkyl halides is 1. The predicted molar refractivity (Wildman–Crippen MR) is 60.4 cm³/mol. The highest BCUT2D eigenvalue weighted by Crippen LogP contribution is 2.20. The van der Waals surface area contributed by atoms with Crippen LogP contribution in [0.3, 0.4) is 0 Å². The van der Waals surface area contributed by atoms with Crippen LogP contribution in [0.25, 0.3) is 0 Å². The van der Waals surface area contributed by atoms with Gasteiger partial charge in [-0.3, -0.25) is 4.98 Å². The predicted octanol–water partition coefficient (Wildman–Crippen LogP) is 1.75. The number of esters is 1. The minimum Gasteiger partial charge on any atom is -0.464 e. The number of rotatable bonds is 4. The molecule has 0 aliphatic carbocycles. The van der Waals surface area contributed by atoms with Gasteiger partial charge < -0.3 is 10.5 Å². The van der Waals surface area contributed by atoms with E-state index in [0.29, 0.717) is 10.0 Å². The maximum atomic E-state index is 13.6. The van der Waals surface area contributed by atoms with Crippen molar-refractivity contribution >= 4 is 21.9 Å². The first kappa shape index (κ1) is 13.1. The molecule has 1 heterocycles. The van der Waals surface area contributed by atoms with Crippen molar-refractivity contribution in [3.63, 3.8) is 0 Å². The molecule has 4 nitrogen and oxygen atoms in total. The van der Waals surface area contributed by atoms with Gasteiger partial charge in [-0.2, -0.15) is 0 Å². The topological polar surface area (TPSA) is 65.2 Å². The second-order valence-electron chi connectivity index (χ2n) is 3.12. The molecule has 6 heteroatoms. The highest BCUT2D eigenvalue weighted by atomic mass is 79.9. The molecule has 16 heavy (non-hydrogen) atoms. The zero-order chi connectivity index (χ0) is 12.1. The van der Waals surface area contributed by atoms with Crippen molar-refractivity contribution in [1.29, 1.82) is 0 Å². The van der Waals surface area contributed by atoms with Gasteiger partial charge in [-0.05, 0) is 34.5 Å². The van der Waals surface area contributed by atoms with Gasteiger partial charge in [0.2, 0.25) is 6.17 Å². The number of carbonyl (C=O) groups is 1. The van der Waals surface area contributed by atoms with E-state index in [0.717, 1.165) is 0 Å². The van der Waals surface area contributed by atoms with Gasteiger partial charge in [0.05, 0.1) is 12.6 Å². The molecule has 0 amide bonds. The number of hydrogen-bond donors (Lipinski definition) is 1. The van der Waals surface area contributed by atoms with Crippen LogP contribution in [0.4, 0.5) is 4.39 Å². The lowest BCUT2D eigenvalue weighted by atomic mass is 10.1.